The van der Waals surface area contributed by atoms with Crippen LogP contribution in [0.3, 0.4) is 0 Å². The first kappa shape index (κ1) is 16.6. The van der Waals surface area contributed by atoms with Crippen LogP contribution in [0.25, 0.3) is 0 Å². The Morgan fingerprint density at radius 2 is 2.00 bits per heavy atom. The van der Waals surface area contributed by atoms with E-state index in [9.17, 15) is 18.0 Å². The number of hydrogen-bond donors (Lipinski definition) is 2. The average molecular weight is 310 g/mol. The normalized spacial score (nSPS) is 13.9. The molecule has 0 radical (unpaired) electrons. The molecule has 1 aromatic rings. The summed E-state index contributed by atoms with van der Waals surface area (Å²) in [6.07, 6.45) is 0.941. The van der Waals surface area contributed by atoms with E-state index in [1.807, 2.05) is 0 Å². The molecule has 112 valence electrons. The van der Waals surface area contributed by atoms with Crippen molar-refractivity contribution in [3.8, 4) is 5.75 Å². The lowest BCUT2D eigenvalue weighted by molar-refractivity contribution is 0.0895. The average Bonchev–Trinajstić information content (AvgIpc) is 2.40. The molecule has 3 nitrogen and oxygen atoms in total. The Morgan fingerprint density at radius 1 is 1.40 bits per heavy atom. The first-order valence-electron chi connectivity index (χ1n) is 6.00. The summed E-state index contributed by atoms with van der Waals surface area (Å²) in [6.45, 7) is 3.50. The topological polar surface area (TPSA) is 49.3 Å². The van der Waals surface area contributed by atoms with E-state index in [1.54, 1.807) is 13.8 Å². The molecule has 1 aromatic carbocycles. The highest BCUT2D eigenvalue weighted by atomic mass is 35.5. The number of alkyl halides is 1. The standard InChI is InChI=1S/C13H15ClF3NO2/c1-3-13(2,4-5-14)18-12(20)7-6-8(15)10(17)11(19)9(7)16/h6,19H,3-5H2,1-2H3,(H,18,20). The fraction of sp³-hybridized carbons (Fsp3) is 0.462. The van der Waals surface area contributed by atoms with Crippen molar-refractivity contribution in [1.82, 2.24) is 5.32 Å². The third kappa shape index (κ3) is 3.36. The summed E-state index contributed by atoms with van der Waals surface area (Å²) < 4.78 is 39.7. The van der Waals surface area contributed by atoms with Gasteiger partial charge in [-0.1, -0.05) is 6.92 Å². The number of carbonyl (C=O) groups is 1. The second kappa shape index (κ2) is 6.35. The molecule has 1 atom stereocenters. The van der Waals surface area contributed by atoms with Crippen LogP contribution in [0.15, 0.2) is 6.07 Å². The number of benzene rings is 1. The molecule has 1 unspecified atom stereocenters. The Labute approximate surface area is 119 Å². The molecule has 0 spiro atoms. The van der Waals surface area contributed by atoms with Crippen molar-refractivity contribution in [2.24, 2.45) is 0 Å². The molecule has 0 aromatic heterocycles. The molecular weight excluding hydrogens is 295 g/mol. The van der Waals surface area contributed by atoms with Gasteiger partial charge in [-0.15, -0.1) is 11.6 Å². The van der Waals surface area contributed by atoms with Crippen molar-refractivity contribution in [3.05, 3.63) is 29.1 Å². The third-order valence-corrected chi connectivity index (χ3v) is 3.41. The number of phenolic OH excluding ortho intramolecular Hbond substituents is 1. The van der Waals surface area contributed by atoms with Gasteiger partial charge in [-0.2, -0.15) is 4.39 Å². The number of halogens is 4. The van der Waals surface area contributed by atoms with Gasteiger partial charge in [0.25, 0.3) is 5.91 Å². The van der Waals surface area contributed by atoms with Gasteiger partial charge in [-0.25, -0.2) is 8.78 Å². The monoisotopic (exact) mass is 309 g/mol. The molecule has 20 heavy (non-hydrogen) atoms. The molecule has 2 N–H and O–H groups in total. The lowest BCUT2D eigenvalue weighted by Gasteiger charge is -2.29. The fourth-order valence-corrected chi connectivity index (χ4v) is 2.05. The summed E-state index contributed by atoms with van der Waals surface area (Å²) in [5, 5.41) is 11.6. The van der Waals surface area contributed by atoms with Crippen LogP contribution < -0.4 is 5.32 Å². The number of carbonyl (C=O) groups excluding carboxylic acids is 1. The lowest BCUT2D eigenvalue weighted by Crippen LogP contribution is -2.46. The highest BCUT2D eigenvalue weighted by Crippen LogP contribution is 2.26. The lowest BCUT2D eigenvalue weighted by atomic mass is 9.95. The zero-order valence-electron chi connectivity index (χ0n) is 11.1. The highest BCUT2D eigenvalue weighted by Gasteiger charge is 2.28. The van der Waals surface area contributed by atoms with E-state index in [0.29, 0.717) is 18.9 Å². The van der Waals surface area contributed by atoms with E-state index < -0.39 is 40.2 Å². The zero-order chi connectivity index (χ0) is 15.5. The van der Waals surface area contributed by atoms with Gasteiger partial charge in [-0.3, -0.25) is 4.79 Å². The van der Waals surface area contributed by atoms with E-state index in [0.717, 1.165) is 0 Å². The minimum Gasteiger partial charge on any atom is -0.503 e. The number of rotatable bonds is 5. The Balaban J connectivity index is 3.10. The highest BCUT2D eigenvalue weighted by molar-refractivity contribution is 6.17. The molecule has 1 rings (SSSR count). The van der Waals surface area contributed by atoms with Crippen LogP contribution in [-0.4, -0.2) is 22.4 Å². The smallest absolute Gasteiger partial charge is 0.254 e. The molecule has 7 heteroatoms. The number of nitrogens with one attached hydrogen (secondary N) is 1. The van der Waals surface area contributed by atoms with Gasteiger partial charge >= 0.3 is 0 Å². The molecule has 0 aliphatic rings. The first-order chi connectivity index (χ1) is 9.25. The minimum atomic E-state index is -1.72. The predicted molar refractivity (Wildman–Crippen MR) is 69.5 cm³/mol. The molecule has 0 aliphatic carbocycles. The van der Waals surface area contributed by atoms with Crippen LogP contribution in [0, 0.1) is 17.5 Å². The molecule has 0 bridgehead atoms. The van der Waals surface area contributed by atoms with Gasteiger partial charge in [0.05, 0.1) is 5.56 Å². The Hall–Kier alpha value is -1.43. The number of amides is 1. The first-order valence-corrected chi connectivity index (χ1v) is 6.54. The van der Waals surface area contributed by atoms with Crippen molar-refractivity contribution in [3.63, 3.8) is 0 Å². The van der Waals surface area contributed by atoms with Gasteiger partial charge in [0, 0.05) is 11.4 Å². The van der Waals surface area contributed by atoms with Crippen LogP contribution in [0.2, 0.25) is 0 Å². The van der Waals surface area contributed by atoms with E-state index in [2.05, 4.69) is 5.32 Å². The summed E-state index contributed by atoms with van der Waals surface area (Å²) in [6, 6.07) is 0.413. The Bertz CT molecular complexity index is 525. The van der Waals surface area contributed by atoms with Crippen LogP contribution in [0.5, 0.6) is 5.75 Å². The molecule has 0 fully saturated rings. The zero-order valence-corrected chi connectivity index (χ0v) is 11.8. The summed E-state index contributed by atoms with van der Waals surface area (Å²) in [7, 11) is 0. The van der Waals surface area contributed by atoms with E-state index >= 15 is 0 Å². The second-order valence-corrected chi connectivity index (χ2v) is 5.07. The van der Waals surface area contributed by atoms with Gasteiger partial charge in [0.15, 0.2) is 17.4 Å². The van der Waals surface area contributed by atoms with Crippen molar-refractivity contribution in [2.75, 3.05) is 5.88 Å². The van der Waals surface area contributed by atoms with E-state index in [-0.39, 0.29) is 5.88 Å². The number of phenols is 1. The van der Waals surface area contributed by atoms with Crippen LogP contribution in [0.1, 0.15) is 37.0 Å². The Kier molecular flexibility index (Phi) is 5.28. The van der Waals surface area contributed by atoms with Crippen LogP contribution in [0.4, 0.5) is 13.2 Å². The largest absolute Gasteiger partial charge is 0.503 e. The number of hydrogen-bond acceptors (Lipinski definition) is 2. The van der Waals surface area contributed by atoms with Crippen LogP contribution in [-0.2, 0) is 0 Å². The predicted octanol–water partition coefficient (Wildman–Crippen LogP) is 3.34. The summed E-state index contributed by atoms with van der Waals surface area (Å²) in [5.74, 6) is -6.89. The summed E-state index contributed by atoms with van der Waals surface area (Å²) in [4.78, 5) is 11.9. The van der Waals surface area contributed by atoms with Crippen molar-refractivity contribution >= 4 is 17.5 Å². The van der Waals surface area contributed by atoms with E-state index in [4.69, 9.17) is 16.7 Å². The van der Waals surface area contributed by atoms with Crippen molar-refractivity contribution in [1.29, 1.82) is 0 Å². The quantitative estimate of drug-likeness (QED) is 0.647. The van der Waals surface area contributed by atoms with Crippen molar-refractivity contribution < 1.29 is 23.1 Å². The second-order valence-electron chi connectivity index (χ2n) is 4.69. The van der Waals surface area contributed by atoms with Gasteiger partial charge < -0.3 is 10.4 Å². The molecule has 1 amide bonds. The minimum absolute atomic E-state index is 0.274. The van der Waals surface area contributed by atoms with Gasteiger partial charge in [-0.05, 0) is 25.8 Å². The van der Waals surface area contributed by atoms with Gasteiger partial charge in [0.1, 0.15) is 0 Å². The third-order valence-electron chi connectivity index (χ3n) is 3.22. The number of aromatic hydroxyl groups is 1. The molecule has 0 saturated carbocycles. The fourth-order valence-electron chi connectivity index (χ4n) is 1.63. The SMILES string of the molecule is CCC(C)(CCCl)NC(=O)c1cc(F)c(F)c(O)c1F. The maximum atomic E-state index is 13.6. The molecule has 0 heterocycles. The summed E-state index contributed by atoms with van der Waals surface area (Å²) in [5.41, 5.74) is -1.46. The molecule has 0 aliphatic heterocycles. The van der Waals surface area contributed by atoms with E-state index in [1.165, 1.54) is 0 Å². The maximum Gasteiger partial charge on any atom is 0.254 e. The van der Waals surface area contributed by atoms with Crippen LogP contribution >= 0.6 is 11.6 Å². The van der Waals surface area contributed by atoms with Crippen molar-refractivity contribution in [2.45, 2.75) is 32.2 Å². The summed E-state index contributed by atoms with van der Waals surface area (Å²) >= 11 is 5.62. The Morgan fingerprint density at radius 3 is 2.50 bits per heavy atom. The molecular formula is C13H15ClF3NO2. The maximum absolute atomic E-state index is 13.6. The molecule has 0 saturated heterocycles. The van der Waals surface area contributed by atoms with Gasteiger partial charge in [0.2, 0.25) is 5.82 Å².